The van der Waals surface area contributed by atoms with E-state index in [1.165, 1.54) is 0 Å². The predicted molar refractivity (Wildman–Crippen MR) is 77.8 cm³/mol. The molecule has 0 bridgehead atoms. The summed E-state index contributed by atoms with van der Waals surface area (Å²) in [6.07, 6.45) is -1.60. The van der Waals surface area contributed by atoms with Gasteiger partial charge >= 0.3 is 12.0 Å². The van der Waals surface area contributed by atoms with Crippen LogP contribution in [0, 0.1) is 0 Å². The summed E-state index contributed by atoms with van der Waals surface area (Å²) < 4.78 is 0. The third kappa shape index (κ3) is 3.93. The zero-order chi connectivity index (χ0) is 15.2. The van der Waals surface area contributed by atoms with Crippen LogP contribution in [0.3, 0.4) is 0 Å². The SMILES string of the molecule is O=C(NCc1cccc2ccccc12)NCC(O)C(=O)O. The Morgan fingerprint density at radius 2 is 1.76 bits per heavy atom. The number of urea groups is 1. The number of benzene rings is 2. The first kappa shape index (κ1) is 14.8. The van der Waals surface area contributed by atoms with Crippen molar-refractivity contribution in [1.29, 1.82) is 0 Å². The molecule has 2 amide bonds. The number of hydrogen-bond acceptors (Lipinski definition) is 3. The van der Waals surface area contributed by atoms with Crippen molar-refractivity contribution in [3.63, 3.8) is 0 Å². The average Bonchev–Trinajstić information content (AvgIpc) is 2.50. The molecular formula is C15H16N2O4. The molecule has 0 aromatic heterocycles. The second-order valence-electron chi connectivity index (χ2n) is 4.56. The number of nitrogens with one attached hydrogen (secondary N) is 2. The number of carbonyl (C=O) groups excluding carboxylic acids is 1. The Kier molecular flexibility index (Phi) is 4.73. The number of hydrogen-bond donors (Lipinski definition) is 4. The molecule has 21 heavy (non-hydrogen) atoms. The number of carboxylic acid groups (broad SMARTS) is 1. The van der Waals surface area contributed by atoms with Crippen LogP contribution in [-0.4, -0.2) is 34.9 Å². The van der Waals surface area contributed by atoms with E-state index < -0.39 is 18.1 Å². The van der Waals surface area contributed by atoms with Gasteiger partial charge < -0.3 is 20.8 Å². The molecular weight excluding hydrogens is 272 g/mol. The summed E-state index contributed by atoms with van der Waals surface area (Å²) in [5.41, 5.74) is 0.960. The fourth-order valence-electron chi connectivity index (χ4n) is 1.96. The van der Waals surface area contributed by atoms with Crippen molar-refractivity contribution in [3.05, 3.63) is 48.0 Å². The monoisotopic (exact) mass is 288 g/mol. The highest BCUT2D eigenvalue weighted by atomic mass is 16.4. The van der Waals surface area contributed by atoms with Crippen molar-refractivity contribution in [3.8, 4) is 0 Å². The van der Waals surface area contributed by atoms with Crippen LogP contribution < -0.4 is 10.6 Å². The maximum absolute atomic E-state index is 11.6. The number of fused-ring (bicyclic) bond motifs is 1. The summed E-state index contributed by atoms with van der Waals surface area (Å²) in [5.74, 6) is -1.37. The molecule has 1 unspecified atom stereocenters. The van der Waals surface area contributed by atoms with Crippen molar-refractivity contribution in [2.45, 2.75) is 12.6 Å². The zero-order valence-electron chi connectivity index (χ0n) is 11.2. The molecule has 0 aliphatic rings. The number of aliphatic carboxylic acids is 1. The standard InChI is InChI=1S/C15H16N2O4/c18-13(14(19)20)9-17-15(21)16-8-11-6-3-5-10-4-1-2-7-12(10)11/h1-7,13,18H,8-9H2,(H,19,20)(H2,16,17,21). The first-order valence-electron chi connectivity index (χ1n) is 6.47. The lowest BCUT2D eigenvalue weighted by Gasteiger charge is -2.11. The van der Waals surface area contributed by atoms with Crippen LogP contribution >= 0.6 is 0 Å². The lowest BCUT2D eigenvalue weighted by molar-refractivity contribution is -0.146. The minimum Gasteiger partial charge on any atom is -0.479 e. The lowest BCUT2D eigenvalue weighted by atomic mass is 10.0. The molecule has 2 aromatic carbocycles. The van der Waals surface area contributed by atoms with Crippen LogP contribution in [-0.2, 0) is 11.3 Å². The van der Waals surface area contributed by atoms with Gasteiger partial charge in [0.25, 0.3) is 0 Å². The first-order chi connectivity index (χ1) is 10.1. The molecule has 0 aliphatic carbocycles. The van der Waals surface area contributed by atoms with E-state index in [-0.39, 0.29) is 6.54 Å². The van der Waals surface area contributed by atoms with Gasteiger partial charge in [0.1, 0.15) is 0 Å². The van der Waals surface area contributed by atoms with Gasteiger partial charge in [-0.15, -0.1) is 0 Å². The molecule has 4 N–H and O–H groups in total. The zero-order valence-corrected chi connectivity index (χ0v) is 11.2. The summed E-state index contributed by atoms with van der Waals surface area (Å²) in [7, 11) is 0. The summed E-state index contributed by atoms with van der Waals surface area (Å²) in [5, 5.41) is 24.6. The van der Waals surface area contributed by atoms with Crippen LogP contribution in [0.15, 0.2) is 42.5 Å². The molecule has 1 atom stereocenters. The molecule has 6 heteroatoms. The van der Waals surface area contributed by atoms with Crippen LogP contribution in [0.1, 0.15) is 5.56 Å². The van der Waals surface area contributed by atoms with Crippen molar-refractivity contribution in [1.82, 2.24) is 10.6 Å². The summed E-state index contributed by atoms with van der Waals surface area (Å²) in [6.45, 7) is -0.0208. The molecule has 0 spiro atoms. The Bertz CT molecular complexity index is 652. The highest BCUT2D eigenvalue weighted by Crippen LogP contribution is 2.17. The van der Waals surface area contributed by atoms with Crippen LogP contribution in [0.4, 0.5) is 4.79 Å². The van der Waals surface area contributed by atoms with E-state index in [1.807, 2.05) is 42.5 Å². The largest absolute Gasteiger partial charge is 0.479 e. The van der Waals surface area contributed by atoms with Crippen molar-refractivity contribution in [2.24, 2.45) is 0 Å². The molecule has 2 aromatic rings. The topological polar surface area (TPSA) is 98.7 Å². The minimum absolute atomic E-state index is 0.316. The summed E-state index contributed by atoms with van der Waals surface area (Å²) in [4.78, 5) is 22.0. The van der Waals surface area contributed by atoms with E-state index in [0.717, 1.165) is 16.3 Å². The van der Waals surface area contributed by atoms with E-state index in [4.69, 9.17) is 10.2 Å². The highest BCUT2D eigenvalue weighted by molar-refractivity contribution is 5.86. The van der Waals surface area contributed by atoms with Crippen molar-refractivity contribution < 1.29 is 19.8 Å². The minimum atomic E-state index is -1.60. The molecule has 0 heterocycles. The van der Waals surface area contributed by atoms with Gasteiger partial charge in [0.15, 0.2) is 6.10 Å². The van der Waals surface area contributed by atoms with Gasteiger partial charge in [0, 0.05) is 6.54 Å². The third-order valence-electron chi connectivity index (χ3n) is 3.06. The Morgan fingerprint density at radius 3 is 2.52 bits per heavy atom. The maximum Gasteiger partial charge on any atom is 0.334 e. The van der Waals surface area contributed by atoms with Gasteiger partial charge in [-0.05, 0) is 16.3 Å². The summed E-state index contributed by atoms with van der Waals surface area (Å²) in [6, 6.07) is 13.1. The molecule has 0 saturated heterocycles. The Morgan fingerprint density at radius 1 is 1.05 bits per heavy atom. The van der Waals surface area contributed by atoms with Gasteiger partial charge in [-0.3, -0.25) is 0 Å². The van der Waals surface area contributed by atoms with Gasteiger partial charge in [-0.2, -0.15) is 0 Å². The van der Waals surface area contributed by atoms with Crippen molar-refractivity contribution in [2.75, 3.05) is 6.54 Å². The van der Waals surface area contributed by atoms with Gasteiger partial charge in [0.2, 0.25) is 0 Å². The normalized spacial score (nSPS) is 11.9. The fraction of sp³-hybridized carbons (Fsp3) is 0.200. The maximum atomic E-state index is 11.6. The van der Waals surface area contributed by atoms with Crippen LogP contribution in [0.25, 0.3) is 10.8 Å². The van der Waals surface area contributed by atoms with Crippen LogP contribution in [0.2, 0.25) is 0 Å². The van der Waals surface area contributed by atoms with Gasteiger partial charge in [-0.1, -0.05) is 42.5 Å². The molecule has 0 radical (unpaired) electrons. The quantitative estimate of drug-likeness (QED) is 0.661. The number of carbonyl (C=O) groups is 2. The molecule has 0 fully saturated rings. The average molecular weight is 288 g/mol. The Labute approximate surface area is 121 Å². The second kappa shape index (κ2) is 6.71. The third-order valence-corrected chi connectivity index (χ3v) is 3.06. The van der Waals surface area contributed by atoms with E-state index >= 15 is 0 Å². The van der Waals surface area contributed by atoms with Crippen molar-refractivity contribution >= 4 is 22.8 Å². The molecule has 6 nitrogen and oxygen atoms in total. The van der Waals surface area contributed by atoms with E-state index in [1.54, 1.807) is 0 Å². The Hall–Kier alpha value is -2.60. The number of amides is 2. The van der Waals surface area contributed by atoms with Crippen LogP contribution in [0.5, 0.6) is 0 Å². The second-order valence-corrected chi connectivity index (χ2v) is 4.56. The molecule has 0 saturated carbocycles. The van der Waals surface area contributed by atoms with E-state index in [9.17, 15) is 9.59 Å². The number of aliphatic hydroxyl groups excluding tert-OH is 1. The van der Waals surface area contributed by atoms with E-state index in [0.29, 0.717) is 6.54 Å². The number of carboxylic acids is 1. The fourth-order valence-corrected chi connectivity index (χ4v) is 1.96. The summed E-state index contributed by atoms with van der Waals surface area (Å²) >= 11 is 0. The first-order valence-corrected chi connectivity index (χ1v) is 6.47. The van der Waals surface area contributed by atoms with Gasteiger partial charge in [-0.25, -0.2) is 9.59 Å². The van der Waals surface area contributed by atoms with Gasteiger partial charge in [0.05, 0.1) is 6.54 Å². The number of aliphatic hydroxyl groups is 1. The molecule has 110 valence electrons. The Balaban J connectivity index is 1.93. The smallest absolute Gasteiger partial charge is 0.334 e. The van der Waals surface area contributed by atoms with E-state index in [2.05, 4.69) is 10.6 Å². The highest BCUT2D eigenvalue weighted by Gasteiger charge is 2.13. The number of rotatable bonds is 5. The molecule has 2 rings (SSSR count). The lowest BCUT2D eigenvalue weighted by Crippen LogP contribution is -2.41. The molecule has 0 aliphatic heterocycles. The predicted octanol–water partition coefficient (Wildman–Crippen LogP) is 1.08.